The van der Waals surface area contributed by atoms with Crippen molar-refractivity contribution in [2.45, 2.75) is 26.1 Å². The predicted molar refractivity (Wildman–Crippen MR) is 108 cm³/mol. The highest BCUT2D eigenvalue weighted by Gasteiger charge is 2.29. The van der Waals surface area contributed by atoms with Gasteiger partial charge in [0.05, 0.1) is 7.11 Å². The van der Waals surface area contributed by atoms with Gasteiger partial charge in [0.2, 0.25) is 6.10 Å². The Hall–Kier alpha value is -3.81. The third-order valence-corrected chi connectivity index (χ3v) is 4.16. The van der Waals surface area contributed by atoms with Gasteiger partial charge in [0.25, 0.3) is 5.91 Å². The Morgan fingerprint density at radius 2 is 1.70 bits per heavy atom. The van der Waals surface area contributed by atoms with Gasteiger partial charge in [0, 0.05) is 11.6 Å². The van der Waals surface area contributed by atoms with Crippen LogP contribution >= 0.6 is 0 Å². The Bertz CT molecular complexity index is 984. The molecule has 2 aromatic carbocycles. The second-order valence-corrected chi connectivity index (χ2v) is 6.48. The van der Waals surface area contributed by atoms with E-state index in [-0.39, 0.29) is 5.82 Å². The number of aryl methyl sites for hydroxylation is 1. The van der Waals surface area contributed by atoms with Crippen molar-refractivity contribution in [2.24, 2.45) is 0 Å². The summed E-state index contributed by atoms with van der Waals surface area (Å²) in [6, 6.07) is 17.0. The Labute approximate surface area is 173 Å². The first kappa shape index (κ1) is 20.9. The van der Waals surface area contributed by atoms with Crippen LogP contribution in [0.5, 0.6) is 11.5 Å². The van der Waals surface area contributed by atoms with E-state index < -0.39 is 24.1 Å². The van der Waals surface area contributed by atoms with Crippen LogP contribution in [0.3, 0.4) is 0 Å². The van der Waals surface area contributed by atoms with Crippen molar-refractivity contribution in [1.29, 1.82) is 0 Å². The number of ether oxygens (including phenoxy) is 3. The van der Waals surface area contributed by atoms with Crippen molar-refractivity contribution < 1.29 is 28.3 Å². The molecule has 0 aliphatic carbocycles. The van der Waals surface area contributed by atoms with Gasteiger partial charge in [0.1, 0.15) is 17.3 Å². The summed E-state index contributed by atoms with van der Waals surface area (Å²) in [5.41, 5.74) is 0.514. The van der Waals surface area contributed by atoms with E-state index >= 15 is 0 Å². The Balaban J connectivity index is 1.71. The fourth-order valence-corrected chi connectivity index (χ4v) is 2.64. The Kier molecular flexibility index (Phi) is 6.69. The van der Waals surface area contributed by atoms with Crippen LogP contribution < -0.4 is 14.8 Å². The minimum atomic E-state index is -1.18. The summed E-state index contributed by atoms with van der Waals surface area (Å²) in [4.78, 5) is 25.4. The number of carbonyl (C=O) groups excluding carboxylic acids is 2. The molecule has 0 radical (unpaired) electrons. The first-order valence-corrected chi connectivity index (χ1v) is 9.26. The van der Waals surface area contributed by atoms with Crippen LogP contribution in [0.15, 0.2) is 65.2 Å². The van der Waals surface area contributed by atoms with E-state index in [1.807, 2.05) is 0 Å². The minimum Gasteiger partial charge on any atom is -0.497 e. The maximum absolute atomic E-state index is 12.8. The lowest BCUT2D eigenvalue weighted by atomic mass is 10.1. The van der Waals surface area contributed by atoms with Crippen molar-refractivity contribution in [3.05, 3.63) is 72.0 Å². The van der Waals surface area contributed by atoms with Crippen LogP contribution in [0.2, 0.25) is 0 Å². The summed E-state index contributed by atoms with van der Waals surface area (Å²) in [6.07, 6.45) is -2.12. The van der Waals surface area contributed by atoms with Crippen LogP contribution in [0, 0.1) is 6.92 Å². The first-order chi connectivity index (χ1) is 14.5. The molecule has 0 fully saturated rings. The number of benzene rings is 2. The zero-order valence-corrected chi connectivity index (χ0v) is 16.8. The summed E-state index contributed by atoms with van der Waals surface area (Å²) < 4.78 is 21.2. The number of nitrogens with one attached hydrogen (secondary N) is 1. The molecular weight excluding hydrogens is 388 g/mol. The SMILES string of the molecule is COc1ccc(O[C@@H](C)C(=O)O[C@@H](C(=O)Nc2cc(C)on2)c2ccccc2)cc1. The number of nitrogens with zero attached hydrogens (tertiary/aromatic N) is 1. The van der Waals surface area contributed by atoms with Crippen LogP contribution in [-0.2, 0) is 14.3 Å². The number of amides is 1. The summed E-state index contributed by atoms with van der Waals surface area (Å²) in [5.74, 6) is 0.670. The number of carbonyl (C=O) groups is 2. The zero-order valence-electron chi connectivity index (χ0n) is 16.8. The molecule has 0 spiro atoms. The number of hydrogen-bond donors (Lipinski definition) is 1. The zero-order chi connectivity index (χ0) is 21.5. The number of anilines is 1. The van der Waals surface area contributed by atoms with Gasteiger partial charge in [0.15, 0.2) is 11.9 Å². The van der Waals surface area contributed by atoms with E-state index in [1.165, 1.54) is 0 Å². The van der Waals surface area contributed by atoms with E-state index in [0.29, 0.717) is 22.8 Å². The lowest BCUT2D eigenvalue weighted by molar-refractivity contribution is -0.161. The van der Waals surface area contributed by atoms with Crippen molar-refractivity contribution in [2.75, 3.05) is 12.4 Å². The summed E-state index contributed by atoms with van der Waals surface area (Å²) in [7, 11) is 1.56. The molecule has 30 heavy (non-hydrogen) atoms. The number of aromatic nitrogens is 1. The van der Waals surface area contributed by atoms with E-state index in [0.717, 1.165) is 0 Å². The van der Waals surface area contributed by atoms with Crippen LogP contribution in [0.4, 0.5) is 5.82 Å². The van der Waals surface area contributed by atoms with Crippen molar-refractivity contribution in [3.8, 4) is 11.5 Å². The fraction of sp³-hybridized carbons (Fsp3) is 0.227. The minimum absolute atomic E-state index is 0.233. The molecule has 0 saturated carbocycles. The number of methoxy groups -OCH3 is 1. The fourth-order valence-electron chi connectivity index (χ4n) is 2.64. The van der Waals surface area contributed by atoms with E-state index in [1.54, 1.807) is 81.6 Å². The average molecular weight is 410 g/mol. The van der Waals surface area contributed by atoms with E-state index in [4.69, 9.17) is 18.7 Å². The van der Waals surface area contributed by atoms with E-state index in [9.17, 15) is 9.59 Å². The largest absolute Gasteiger partial charge is 0.497 e. The highest BCUT2D eigenvalue weighted by molar-refractivity contribution is 5.95. The molecule has 8 heteroatoms. The molecule has 2 atom stereocenters. The second kappa shape index (κ2) is 9.60. The predicted octanol–water partition coefficient (Wildman–Crippen LogP) is 3.68. The van der Waals surface area contributed by atoms with Gasteiger partial charge < -0.3 is 24.1 Å². The normalized spacial score (nSPS) is 12.5. The molecule has 0 saturated heterocycles. The van der Waals surface area contributed by atoms with Crippen LogP contribution in [-0.4, -0.2) is 30.2 Å². The monoisotopic (exact) mass is 410 g/mol. The highest BCUT2D eigenvalue weighted by atomic mass is 16.6. The smallest absolute Gasteiger partial charge is 0.348 e. The van der Waals surface area contributed by atoms with Gasteiger partial charge in [-0.15, -0.1) is 0 Å². The molecule has 1 amide bonds. The summed E-state index contributed by atoms with van der Waals surface area (Å²) >= 11 is 0. The maximum atomic E-state index is 12.8. The second-order valence-electron chi connectivity index (χ2n) is 6.48. The van der Waals surface area contributed by atoms with Gasteiger partial charge in [-0.1, -0.05) is 35.5 Å². The molecule has 0 unspecified atom stereocenters. The molecule has 0 aliphatic rings. The number of rotatable bonds is 8. The number of hydrogen-bond acceptors (Lipinski definition) is 7. The molecule has 3 rings (SSSR count). The highest BCUT2D eigenvalue weighted by Crippen LogP contribution is 2.23. The summed E-state index contributed by atoms with van der Waals surface area (Å²) in [6.45, 7) is 3.25. The van der Waals surface area contributed by atoms with Crippen molar-refractivity contribution in [1.82, 2.24) is 5.16 Å². The molecule has 1 aromatic heterocycles. The topological polar surface area (TPSA) is 99.9 Å². The molecule has 3 aromatic rings. The molecular formula is C22H22N2O6. The average Bonchev–Trinajstić information content (AvgIpc) is 3.17. The molecule has 0 aliphatic heterocycles. The Morgan fingerprint density at radius 3 is 2.30 bits per heavy atom. The first-order valence-electron chi connectivity index (χ1n) is 9.26. The van der Waals surface area contributed by atoms with Gasteiger partial charge in [-0.3, -0.25) is 4.79 Å². The van der Waals surface area contributed by atoms with Crippen molar-refractivity contribution >= 4 is 17.7 Å². The maximum Gasteiger partial charge on any atom is 0.348 e. The van der Waals surface area contributed by atoms with Crippen molar-refractivity contribution in [3.63, 3.8) is 0 Å². The standard InChI is InChI=1S/C22H22N2O6/c1-14-13-19(24-30-14)23-21(25)20(16-7-5-4-6-8-16)29-22(26)15(2)28-18-11-9-17(27-3)10-12-18/h4-13,15,20H,1-3H3,(H,23,24,25)/t15-,20+/m0/s1. The lowest BCUT2D eigenvalue weighted by Crippen LogP contribution is -2.32. The molecule has 8 nitrogen and oxygen atoms in total. The van der Waals surface area contributed by atoms with Crippen LogP contribution in [0.1, 0.15) is 24.4 Å². The summed E-state index contributed by atoms with van der Waals surface area (Å²) in [5, 5.41) is 6.33. The van der Waals surface area contributed by atoms with Gasteiger partial charge in [-0.2, -0.15) is 0 Å². The van der Waals surface area contributed by atoms with E-state index in [2.05, 4.69) is 10.5 Å². The molecule has 0 bridgehead atoms. The molecule has 156 valence electrons. The van der Waals surface area contributed by atoms with Gasteiger partial charge >= 0.3 is 5.97 Å². The van der Waals surface area contributed by atoms with Crippen LogP contribution in [0.25, 0.3) is 0 Å². The third kappa shape index (κ3) is 5.38. The Morgan fingerprint density at radius 1 is 1.03 bits per heavy atom. The third-order valence-electron chi connectivity index (χ3n) is 4.16. The molecule has 1 N–H and O–H groups in total. The van der Waals surface area contributed by atoms with Gasteiger partial charge in [-0.25, -0.2) is 4.79 Å². The number of esters is 1. The van der Waals surface area contributed by atoms with Gasteiger partial charge in [-0.05, 0) is 38.1 Å². The molecule has 1 heterocycles. The quantitative estimate of drug-likeness (QED) is 0.566. The lowest BCUT2D eigenvalue weighted by Gasteiger charge is -2.20.